The summed E-state index contributed by atoms with van der Waals surface area (Å²) < 4.78 is 0. The molecule has 0 amide bonds. The van der Waals surface area contributed by atoms with E-state index >= 15 is 0 Å². The Morgan fingerprint density at radius 2 is 2.29 bits per heavy atom. The summed E-state index contributed by atoms with van der Waals surface area (Å²) in [6.07, 6.45) is 4.29. The first-order valence-electron chi connectivity index (χ1n) is 5.94. The number of nitrogens with zero attached hydrogens (tertiary/aromatic N) is 2. The van der Waals surface area contributed by atoms with Gasteiger partial charge in [-0.3, -0.25) is 9.78 Å². The van der Waals surface area contributed by atoms with E-state index in [1.165, 1.54) is 0 Å². The minimum absolute atomic E-state index is 0.459. The molecule has 0 bridgehead atoms. The summed E-state index contributed by atoms with van der Waals surface area (Å²) in [5.74, 6) is -0.651. The van der Waals surface area contributed by atoms with Gasteiger partial charge < -0.3 is 10.0 Å². The Hall–Kier alpha value is -1.42. The van der Waals surface area contributed by atoms with Crippen molar-refractivity contribution in [3.05, 3.63) is 30.1 Å². The lowest BCUT2D eigenvalue weighted by atomic mass is 10.1. The number of hydrogen-bond acceptors (Lipinski definition) is 3. The topological polar surface area (TPSA) is 53.4 Å². The van der Waals surface area contributed by atoms with Gasteiger partial charge in [-0.2, -0.15) is 0 Å². The van der Waals surface area contributed by atoms with Crippen LogP contribution in [-0.4, -0.2) is 41.1 Å². The van der Waals surface area contributed by atoms with E-state index in [1.807, 2.05) is 25.2 Å². The maximum atomic E-state index is 11.1. The van der Waals surface area contributed by atoms with E-state index in [-0.39, 0.29) is 0 Å². The van der Waals surface area contributed by atoms with Crippen molar-refractivity contribution in [2.75, 3.05) is 20.1 Å². The van der Waals surface area contributed by atoms with Crippen molar-refractivity contribution in [1.82, 2.24) is 9.88 Å². The molecule has 0 radical (unpaired) electrons. The number of aromatic nitrogens is 1. The summed E-state index contributed by atoms with van der Waals surface area (Å²) in [5.41, 5.74) is 0.596. The SMILES string of the molecule is CN(CCc1ccccn1)CC1(C(=O)O)CC1. The number of hydrogen-bond donors (Lipinski definition) is 1. The Bertz CT molecular complexity index is 388. The van der Waals surface area contributed by atoms with Crippen LogP contribution in [0, 0.1) is 5.41 Å². The minimum atomic E-state index is -0.651. The summed E-state index contributed by atoms with van der Waals surface area (Å²) in [7, 11) is 1.98. The number of likely N-dealkylation sites (N-methyl/N-ethyl adjacent to an activating group) is 1. The summed E-state index contributed by atoms with van der Waals surface area (Å²) >= 11 is 0. The molecular formula is C13H18N2O2. The van der Waals surface area contributed by atoms with Crippen molar-refractivity contribution in [3.63, 3.8) is 0 Å². The van der Waals surface area contributed by atoms with E-state index < -0.39 is 11.4 Å². The standard InChI is InChI=1S/C13H18N2O2/c1-15(10-13(6-7-13)12(16)17)9-5-11-4-2-3-8-14-11/h2-4,8H,5-7,9-10H2,1H3,(H,16,17). The lowest BCUT2D eigenvalue weighted by Gasteiger charge is -2.20. The van der Waals surface area contributed by atoms with Gasteiger partial charge in [-0.05, 0) is 32.0 Å². The molecule has 0 aromatic carbocycles. The monoisotopic (exact) mass is 234 g/mol. The van der Waals surface area contributed by atoms with E-state index in [2.05, 4.69) is 9.88 Å². The fourth-order valence-corrected chi connectivity index (χ4v) is 2.04. The van der Waals surface area contributed by atoms with Crippen LogP contribution in [0.2, 0.25) is 0 Å². The highest BCUT2D eigenvalue weighted by atomic mass is 16.4. The van der Waals surface area contributed by atoms with Gasteiger partial charge in [0.15, 0.2) is 0 Å². The van der Waals surface area contributed by atoms with Crippen LogP contribution in [0.25, 0.3) is 0 Å². The van der Waals surface area contributed by atoms with Gasteiger partial charge in [0.2, 0.25) is 0 Å². The fraction of sp³-hybridized carbons (Fsp3) is 0.538. The van der Waals surface area contributed by atoms with Crippen molar-refractivity contribution in [2.45, 2.75) is 19.3 Å². The highest BCUT2D eigenvalue weighted by Gasteiger charge is 2.50. The van der Waals surface area contributed by atoms with Gasteiger partial charge >= 0.3 is 5.97 Å². The Labute approximate surface area is 101 Å². The van der Waals surface area contributed by atoms with Gasteiger partial charge in [0.1, 0.15) is 0 Å². The summed E-state index contributed by atoms with van der Waals surface area (Å²) in [6.45, 7) is 1.50. The molecule has 1 aromatic rings. The van der Waals surface area contributed by atoms with Crippen LogP contribution in [0.5, 0.6) is 0 Å². The number of rotatable bonds is 6. The second-order valence-electron chi connectivity index (χ2n) is 4.89. The molecule has 4 nitrogen and oxygen atoms in total. The fourth-order valence-electron chi connectivity index (χ4n) is 2.04. The normalized spacial score (nSPS) is 17.1. The molecule has 1 heterocycles. The quantitative estimate of drug-likeness (QED) is 0.808. The third-order valence-corrected chi connectivity index (χ3v) is 3.36. The molecule has 2 rings (SSSR count). The molecule has 0 spiro atoms. The van der Waals surface area contributed by atoms with Crippen LogP contribution in [-0.2, 0) is 11.2 Å². The van der Waals surface area contributed by atoms with Crippen molar-refractivity contribution < 1.29 is 9.90 Å². The van der Waals surface area contributed by atoms with Crippen LogP contribution in [0.1, 0.15) is 18.5 Å². The molecule has 0 aliphatic heterocycles. The zero-order valence-electron chi connectivity index (χ0n) is 10.1. The van der Waals surface area contributed by atoms with Crippen LogP contribution in [0.4, 0.5) is 0 Å². The molecule has 1 N–H and O–H groups in total. The molecule has 92 valence electrons. The third-order valence-electron chi connectivity index (χ3n) is 3.36. The van der Waals surface area contributed by atoms with E-state index in [4.69, 9.17) is 5.11 Å². The van der Waals surface area contributed by atoms with Gasteiger partial charge in [0.05, 0.1) is 5.41 Å². The average Bonchev–Trinajstić information content (AvgIpc) is 3.09. The van der Waals surface area contributed by atoms with E-state index in [0.29, 0.717) is 6.54 Å². The van der Waals surface area contributed by atoms with Crippen LogP contribution in [0.3, 0.4) is 0 Å². The summed E-state index contributed by atoms with van der Waals surface area (Å²) in [5, 5.41) is 9.10. The number of carboxylic acids is 1. The molecule has 1 fully saturated rings. The predicted molar refractivity (Wildman–Crippen MR) is 64.7 cm³/mol. The van der Waals surface area contributed by atoms with Crippen molar-refractivity contribution in [1.29, 1.82) is 0 Å². The Morgan fingerprint density at radius 3 is 2.82 bits per heavy atom. The highest BCUT2D eigenvalue weighted by molar-refractivity contribution is 5.78. The van der Waals surface area contributed by atoms with E-state index in [9.17, 15) is 4.79 Å². The van der Waals surface area contributed by atoms with E-state index in [1.54, 1.807) is 6.20 Å². The smallest absolute Gasteiger partial charge is 0.310 e. The second kappa shape index (κ2) is 4.84. The van der Waals surface area contributed by atoms with Crippen molar-refractivity contribution in [3.8, 4) is 0 Å². The number of aliphatic carboxylic acids is 1. The van der Waals surface area contributed by atoms with Crippen LogP contribution < -0.4 is 0 Å². The average molecular weight is 234 g/mol. The lowest BCUT2D eigenvalue weighted by molar-refractivity contribution is -0.144. The molecule has 1 saturated carbocycles. The maximum absolute atomic E-state index is 11.1. The number of carbonyl (C=O) groups is 1. The minimum Gasteiger partial charge on any atom is -0.481 e. The Kier molecular flexibility index (Phi) is 3.43. The first-order valence-corrected chi connectivity index (χ1v) is 5.94. The third kappa shape index (κ3) is 3.03. The lowest BCUT2D eigenvalue weighted by Crippen LogP contribution is -2.33. The van der Waals surface area contributed by atoms with Gasteiger partial charge in [-0.15, -0.1) is 0 Å². The van der Waals surface area contributed by atoms with E-state index in [0.717, 1.165) is 31.5 Å². The molecule has 0 unspecified atom stereocenters. The zero-order valence-corrected chi connectivity index (χ0v) is 10.1. The zero-order chi connectivity index (χ0) is 12.3. The van der Waals surface area contributed by atoms with Crippen molar-refractivity contribution in [2.24, 2.45) is 5.41 Å². The predicted octanol–water partition coefficient (Wildman–Crippen LogP) is 1.42. The first kappa shape index (κ1) is 12.0. The van der Waals surface area contributed by atoms with Gasteiger partial charge in [-0.25, -0.2) is 0 Å². The molecule has 0 saturated heterocycles. The maximum Gasteiger partial charge on any atom is 0.310 e. The first-order chi connectivity index (χ1) is 8.12. The molecule has 0 atom stereocenters. The van der Waals surface area contributed by atoms with Gasteiger partial charge in [0.25, 0.3) is 0 Å². The molecule has 1 aliphatic rings. The van der Waals surface area contributed by atoms with Crippen LogP contribution >= 0.6 is 0 Å². The molecular weight excluding hydrogens is 216 g/mol. The van der Waals surface area contributed by atoms with Crippen molar-refractivity contribution >= 4 is 5.97 Å². The molecule has 1 aliphatic carbocycles. The molecule has 4 heteroatoms. The molecule has 17 heavy (non-hydrogen) atoms. The Balaban J connectivity index is 1.79. The Morgan fingerprint density at radius 1 is 1.53 bits per heavy atom. The van der Waals surface area contributed by atoms with Gasteiger partial charge in [-0.1, -0.05) is 6.07 Å². The highest BCUT2D eigenvalue weighted by Crippen LogP contribution is 2.46. The second-order valence-corrected chi connectivity index (χ2v) is 4.89. The molecule has 1 aromatic heterocycles. The summed E-state index contributed by atoms with van der Waals surface area (Å²) in [4.78, 5) is 17.4. The number of pyridine rings is 1. The van der Waals surface area contributed by atoms with Gasteiger partial charge in [0, 0.05) is 31.4 Å². The summed E-state index contributed by atoms with van der Waals surface area (Å²) in [6, 6.07) is 5.87. The van der Waals surface area contributed by atoms with Crippen LogP contribution in [0.15, 0.2) is 24.4 Å². The largest absolute Gasteiger partial charge is 0.481 e. The number of carboxylic acid groups (broad SMARTS) is 1.